The molecule has 154 valence electrons. The van der Waals surface area contributed by atoms with Crippen LogP contribution in [0.1, 0.15) is 36.8 Å². The molecule has 1 aliphatic heterocycles. The molecule has 0 radical (unpaired) electrons. The van der Waals surface area contributed by atoms with Crippen LogP contribution in [0.2, 0.25) is 0 Å². The minimum absolute atomic E-state index is 0.142. The topological polar surface area (TPSA) is 116 Å². The molecule has 0 saturated heterocycles. The molecule has 3 aliphatic rings. The lowest BCUT2D eigenvalue weighted by molar-refractivity contribution is -0.116. The lowest BCUT2D eigenvalue weighted by atomic mass is 9.69. The van der Waals surface area contributed by atoms with Crippen LogP contribution >= 0.6 is 0 Å². The van der Waals surface area contributed by atoms with Gasteiger partial charge < -0.3 is 9.52 Å². The van der Waals surface area contributed by atoms with Gasteiger partial charge in [-0.2, -0.15) is 0 Å². The fourth-order valence-corrected chi connectivity index (χ4v) is 4.70. The molecule has 0 spiro atoms. The Morgan fingerprint density at radius 3 is 2.63 bits per heavy atom. The lowest BCUT2D eigenvalue weighted by Gasteiger charge is -2.38. The number of furan rings is 1. The zero-order chi connectivity index (χ0) is 21.3. The molecule has 2 aromatic rings. The number of aliphatic hydroxyl groups excluding tert-OH is 1. The predicted octanol–water partition coefficient (Wildman–Crippen LogP) is 0.497. The molecule has 2 unspecified atom stereocenters. The predicted molar refractivity (Wildman–Crippen MR) is 104 cm³/mol. The first-order chi connectivity index (χ1) is 14.3. The average Bonchev–Trinajstić information content (AvgIpc) is 3.30. The summed E-state index contributed by atoms with van der Waals surface area (Å²) in [7, 11) is 1.41. The number of ketones is 2. The summed E-state index contributed by atoms with van der Waals surface area (Å²) in [6, 6.07) is 2.70. The number of carbonyl (C=O) groups is 2. The first-order valence-corrected chi connectivity index (χ1v) is 9.61. The highest BCUT2D eigenvalue weighted by Gasteiger charge is 2.45. The van der Waals surface area contributed by atoms with Crippen LogP contribution in [0.15, 0.2) is 60.6 Å². The molecule has 9 nitrogen and oxygen atoms in total. The molecular weight excluding hydrogens is 390 g/mol. The number of hydrogen-bond donors (Lipinski definition) is 1. The van der Waals surface area contributed by atoms with Crippen molar-refractivity contribution in [1.29, 1.82) is 0 Å². The van der Waals surface area contributed by atoms with Gasteiger partial charge in [-0.05, 0) is 30.7 Å². The molecule has 2 aromatic heterocycles. The summed E-state index contributed by atoms with van der Waals surface area (Å²) in [4.78, 5) is 51.1. The van der Waals surface area contributed by atoms with Crippen LogP contribution < -0.4 is 11.4 Å². The van der Waals surface area contributed by atoms with E-state index in [4.69, 9.17) is 4.42 Å². The molecule has 0 fully saturated rings. The van der Waals surface area contributed by atoms with Crippen molar-refractivity contribution in [3.05, 3.63) is 79.1 Å². The minimum atomic E-state index is -0.671. The fourth-order valence-electron chi connectivity index (χ4n) is 4.70. The van der Waals surface area contributed by atoms with Gasteiger partial charge in [0.05, 0.1) is 18.5 Å². The van der Waals surface area contributed by atoms with E-state index in [0.29, 0.717) is 28.2 Å². The summed E-state index contributed by atoms with van der Waals surface area (Å²) >= 11 is 0. The van der Waals surface area contributed by atoms with Gasteiger partial charge in [0.1, 0.15) is 18.1 Å². The van der Waals surface area contributed by atoms with E-state index in [1.54, 1.807) is 19.1 Å². The SMILES string of the molecule is CC1=CC(=O)C2=C(C1=O)C(c1ccc(CO)o1)C1=CCn3c(=O)n(C)c(=O)n3C1C2. The molecule has 0 bridgehead atoms. The molecule has 3 heterocycles. The van der Waals surface area contributed by atoms with Crippen molar-refractivity contribution in [3.8, 4) is 0 Å². The Balaban J connectivity index is 1.77. The second-order valence-corrected chi connectivity index (χ2v) is 7.78. The smallest absolute Gasteiger partial charge is 0.347 e. The number of nitrogens with zero attached hydrogens (tertiary/aromatic N) is 3. The Labute approximate surface area is 169 Å². The average molecular weight is 409 g/mol. The van der Waals surface area contributed by atoms with E-state index in [1.165, 1.54) is 22.5 Å². The summed E-state index contributed by atoms with van der Waals surface area (Å²) in [5.41, 5.74) is 0.846. The van der Waals surface area contributed by atoms with Gasteiger partial charge in [0.2, 0.25) is 0 Å². The van der Waals surface area contributed by atoms with Crippen molar-refractivity contribution in [1.82, 2.24) is 13.9 Å². The van der Waals surface area contributed by atoms with Crippen molar-refractivity contribution >= 4 is 11.6 Å². The van der Waals surface area contributed by atoms with E-state index in [0.717, 1.165) is 10.1 Å². The van der Waals surface area contributed by atoms with Crippen LogP contribution in [-0.2, 0) is 29.8 Å². The second kappa shape index (κ2) is 6.27. The number of aromatic nitrogens is 3. The molecule has 5 rings (SSSR count). The molecule has 2 aliphatic carbocycles. The molecule has 9 heteroatoms. The zero-order valence-electron chi connectivity index (χ0n) is 16.4. The number of Topliss-reactive ketones (excluding diaryl/α,β-unsaturated/α-hetero) is 1. The number of fused-ring (bicyclic) bond motifs is 3. The maximum atomic E-state index is 13.1. The van der Waals surface area contributed by atoms with Crippen molar-refractivity contribution in [2.45, 2.75) is 38.5 Å². The van der Waals surface area contributed by atoms with Crippen LogP contribution in [0.4, 0.5) is 0 Å². The van der Waals surface area contributed by atoms with Gasteiger partial charge in [-0.1, -0.05) is 6.08 Å². The van der Waals surface area contributed by atoms with E-state index >= 15 is 0 Å². The zero-order valence-corrected chi connectivity index (χ0v) is 16.4. The highest BCUT2D eigenvalue weighted by Crippen LogP contribution is 2.49. The summed E-state index contributed by atoms with van der Waals surface area (Å²) in [6.07, 6.45) is 3.29. The van der Waals surface area contributed by atoms with Gasteiger partial charge in [-0.25, -0.2) is 23.5 Å². The number of hydrogen-bond acceptors (Lipinski definition) is 6. The number of aliphatic hydroxyl groups is 1. The Kier molecular flexibility index (Phi) is 3.88. The maximum Gasteiger partial charge on any atom is 0.347 e. The largest absolute Gasteiger partial charge is 0.463 e. The van der Waals surface area contributed by atoms with Crippen molar-refractivity contribution in [2.75, 3.05) is 0 Å². The van der Waals surface area contributed by atoms with Crippen molar-refractivity contribution in [2.24, 2.45) is 7.05 Å². The summed E-state index contributed by atoms with van der Waals surface area (Å²) in [6.45, 7) is 1.47. The van der Waals surface area contributed by atoms with Crippen LogP contribution in [0, 0.1) is 0 Å². The Morgan fingerprint density at radius 1 is 1.17 bits per heavy atom. The molecule has 0 amide bonds. The summed E-state index contributed by atoms with van der Waals surface area (Å²) in [5, 5.41) is 9.41. The maximum absolute atomic E-state index is 13.1. The first-order valence-electron chi connectivity index (χ1n) is 9.61. The fraction of sp³-hybridized carbons (Fsp3) is 0.333. The van der Waals surface area contributed by atoms with E-state index in [1.807, 2.05) is 6.08 Å². The van der Waals surface area contributed by atoms with Gasteiger partial charge in [0, 0.05) is 30.2 Å². The third kappa shape index (κ3) is 2.32. The van der Waals surface area contributed by atoms with Crippen molar-refractivity contribution < 1.29 is 19.1 Å². The third-order valence-corrected chi connectivity index (χ3v) is 6.15. The monoisotopic (exact) mass is 409 g/mol. The van der Waals surface area contributed by atoms with Crippen LogP contribution in [0.3, 0.4) is 0 Å². The van der Waals surface area contributed by atoms with E-state index in [-0.39, 0.29) is 31.1 Å². The minimum Gasteiger partial charge on any atom is -0.463 e. The summed E-state index contributed by atoms with van der Waals surface area (Å²) < 4.78 is 9.51. The Hall–Kier alpha value is -3.46. The number of rotatable bonds is 2. The van der Waals surface area contributed by atoms with Crippen LogP contribution in [0.5, 0.6) is 0 Å². The van der Waals surface area contributed by atoms with Gasteiger partial charge >= 0.3 is 11.4 Å². The highest BCUT2D eigenvalue weighted by atomic mass is 16.4. The van der Waals surface area contributed by atoms with Crippen LogP contribution in [-0.4, -0.2) is 30.6 Å². The Morgan fingerprint density at radius 2 is 1.93 bits per heavy atom. The third-order valence-electron chi connectivity index (χ3n) is 6.15. The van der Waals surface area contributed by atoms with Gasteiger partial charge in [0.15, 0.2) is 11.6 Å². The summed E-state index contributed by atoms with van der Waals surface area (Å²) in [5.74, 6) is -0.433. The van der Waals surface area contributed by atoms with Gasteiger partial charge in [-0.15, -0.1) is 0 Å². The Bertz CT molecular complexity index is 1340. The highest BCUT2D eigenvalue weighted by molar-refractivity contribution is 6.23. The molecule has 2 atom stereocenters. The van der Waals surface area contributed by atoms with E-state index < -0.39 is 23.3 Å². The first kappa shape index (κ1) is 18.6. The molecule has 0 saturated carbocycles. The van der Waals surface area contributed by atoms with E-state index in [9.17, 15) is 24.3 Å². The second-order valence-electron chi connectivity index (χ2n) is 7.78. The lowest BCUT2D eigenvalue weighted by Crippen LogP contribution is -2.40. The van der Waals surface area contributed by atoms with Gasteiger partial charge in [-0.3, -0.25) is 9.59 Å². The van der Waals surface area contributed by atoms with Crippen molar-refractivity contribution in [3.63, 3.8) is 0 Å². The quantitative estimate of drug-likeness (QED) is 0.570. The number of allylic oxidation sites excluding steroid dienone is 6. The number of carbonyl (C=O) groups excluding carboxylic acids is 2. The molecular formula is C21H19N3O6. The van der Waals surface area contributed by atoms with Crippen LogP contribution in [0.25, 0.3) is 0 Å². The van der Waals surface area contributed by atoms with E-state index in [2.05, 4.69) is 0 Å². The standard InChI is InChI=1S/C21H19N3O6/c1-10-7-15(26)13-8-14-12(5-6-23-20(28)22(2)21(29)24(14)23)17(18(13)19(10)27)16-4-3-11(9-25)30-16/h3-5,7,14,17,25H,6,8-9H2,1-2H3. The molecule has 0 aromatic carbocycles. The molecule has 1 N–H and O–H groups in total. The molecule has 30 heavy (non-hydrogen) atoms. The normalized spacial score (nSPS) is 23.0. The van der Waals surface area contributed by atoms with Gasteiger partial charge in [0.25, 0.3) is 0 Å².